The maximum absolute atomic E-state index is 13.5. The first-order chi connectivity index (χ1) is 15.5. The van der Waals surface area contributed by atoms with Gasteiger partial charge in [0.1, 0.15) is 14.2 Å². The van der Waals surface area contributed by atoms with E-state index in [1.54, 1.807) is 16.3 Å². The van der Waals surface area contributed by atoms with Gasteiger partial charge in [0.15, 0.2) is 0 Å². The van der Waals surface area contributed by atoms with E-state index in [4.69, 9.17) is 0 Å². The highest BCUT2D eigenvalue weighted by atomic mass is 32.2. The van der Waals surface area contributed by atoms with Crippen LogP contribution in [0.5, 0.6) is 0 Å². The molecule has 8 heteroatoms. The standard InChI is InChI=1S/C24H22N4O2S2/c1-4-26-17-13-9-10-14-18(17)31-24(26)20-22(30)27(5-2)23(32-20)19-15(3)25-28(21(19)29)16-11-7-6-8-12-16/h6-14H,4-5H2,1-3H3/b23-19-,24-20-. The Kier molecular flexibility index (Phi) is 5.27. The number of para-hydroxylation sites is 2. The molecule has 6 nitrogen and oxygen atoms in total. The van der Waals surface area contributed by atoms with Crippen LogP contribution in [0, 0.1) is 0 Å². The van der Waals surface area contributed by atoms with Crippen molar-refractivity contribution in [3.8, 4) is 0 Å². The number of hydrazone groups is 1. The monoisotopic (exact) mass is 462 g/mol. The minimum atomic E-state index is -0.205. The zero-order chi connectivity index (χ0) is 22.4. The number of amides is 1. The van der Waals surface area contributed by atoms with Crippen LogP contribution in [0.3, 0.4) is 0 Å². The van der Waals surface area contributed by atoms with Gasteiger partial charge in [-0.3, -0.25) is 14.2 Å². The van der Waals surface area contributed by atoms with E-state index >= 15 is 0 Å². The van der Waals surface area contributed by atoms with Crippen molar-refractivity contribution in [1.29, 1.82) is 0 Å². The van der Waals surface area contributed by atoms with Crippen LogP contribution in [0.15, 0.2) is 69.4 Å². The molecule has 5 rings (SSSR count). The fourth-order valence-electron chi connectivity index (χ4n) is 4.03. The molecule has 0 aliphatic carbocycles. The fraction of sp³-hybridized carbons (Fsp3) is 0.208. The van der Waals surface area contributed by atoms with Crippen molar-refractivity contribution < 1.29 is 4.79 Å². The van der Waals surface area contributed by atoms with Gasteiger partial charge in [-0.25, -0.2) is 0 Å². The summed E-state index contributed by atoms with van der Waals surface area (Å²) in [6.45, 7) is 7.08. The van der Waals surface area contributed by atoms with Crippen molar-refractivity contribution in [3.05, 3.63) is 74.1 Å². The predicted molar refractivity (Wildman–Crippen MR) is 133 cm³/mol. The van der Waals surface area contributed by atoms with Crippen molar-refractivity contribution in [2.75, 3.05) is 16.5 Å². The molecule has 0 saturated carbocycles. The number of fused-ring (bicyclic) bond motifs is 1. The number of rotatable bonds is 3. The Morgan fingerprint density at radius 1 is 0.938 bits per heavy atom. The SMILES string of the molecule is CCN1/C(=c2/s/c(=C3\C(=O)N(c4ccccc4)N=C3C)n(CC)c2=O)Sc2ccccc21. The number of carbonyl (C=O) groups excluding carboxylic acids is 1. The lowest BCUT2D eigenvalue weighted by atomic mass is 10.2. The maximum Gasteiger partial charge on any atom is 0.283 e. The number of aromatic nitrogens is 1. The van der Waals surface area contributed by atoms with Gasteiger partial charge in [-0.15, -0.1) is 11.3 Å². The Hall–Kier alpha value is -3.10. The third-order valence-corrected chi connectivity index (χ3v) is 8.05. The summed E-state index contributed by atoms with van der Waals surface area (Å²) >= 11 is 3.00. The molecule has 2 aliphatic rings. The number of thiazole rings is 1. The molecule has 0 N–H and O–H groups in total. The average molecular weight is 463 g/mol. The molecule has 3 aromatic rings. The molecule has 0 radical (unpaired) electrons. The van der Waals surface area contributed by atoms with Gasteiger partial charge in [-0.2, -0.15) is 10.1 Å². The van der Waals surface area contributed by atoms with E-state index < -0.39 is 0 Å². The minimum absolute atomic E-state index is 0.0625. The summed E-state index contributed by atoms with van der Waals surface area (Å²) in [7, 11) is 0. The van der Waals surface area contributed by atoms with E-state index in [1.807, 2.05) is 56.3 Å². The summed E-state index contributed by atoms with van der Waals surface area (Å²) < 4.78 is 3.03. The number of thioether (sulfide) groups is 1. The molecule has 32 heavy (non-hydrogen) atoms. The van der Waals surface area contributed by atoms with Gasteiger partial charge >= 0.3 is 0 Å². The first kappa shape index (κ1) is 20.8. The molecule has 0 atom stereocenters. The van der Waals surface area contributed by atoms with Gasteiger partial charge in [0.05, 0.1) is 22.7 Å². The summed E-state index contributed by atoms with van der Waals surface area (Å²) in [6, 6.07) is 17.5. The van der Waals surface area contributed by atoms with Crippen LogP contribution < -0.4 is 24.7 Å². The summed E-state index contributed by atoms with van der Waals surface area (Å²) in [5.41, 5.74) is 2.88. The van der Waals surface area contributed by atoms with Crippen molar-refractivity contribution in [2.24, 2.45) is 5.10 Å². The van der Waals surface area contributed by atoms with Crippen LogP contribution >= 0.6 is 23.1 Å². The zero-order valence-corrected chi connectivity index (χ0v) is 19.7. The Morgan fingerprint density at radius 2 is 1.66 bits per heavy atom. The van der Waals surface area contributed by atoms with Gasteiger partial charge in [0, 0.05) is 18.0 Å². The summed E-state index contributed by atoms with van der Waals surface area (Å²) in [6.07, 6.45) is 0. The van der Waals surface area contributed by atoms with Gasteiger partial charge < -0.3 is 4.90 Å². The second-order valence-corrected chi connectivity index (χ2v) is 9.45. The predicted octanol–water partition coefficient (Wildman–Crippen LogP) is 3.20. The molecule has 2 aromatic carbocycles. The summed E-state index contributed by atoms with van der Waals surface area (Å²) in [5.74, 6) is -0.205. The van der Waals surface area contributed by atoms with Crippen molar-refractivity contribution in [1.82, 2.24) is 4.57 Å². The molecule has 0 saturated heterocycles. The lowest BCUT2D eigenvalue weighted by Crippen LogP contribution is -2.35. The van der Waals surface area contributed by atoms with Crippen LogP contribution in [0.1, 0.15) is 20.8 Å². The molecule has 162 valence electrons. The first-order valence-corrected chi connectivity index (χ1v) is 12.2. The molecule has 0 spiro atoms. The van der Waals surface area contributed by atoms with E-state index in [1.165, 1.54) is 16.3 Å². The minimum Gasteiger partial charge on any atom is -0.334 e. The zero-order valence-electron chi connectivity index (χ0n) is 18.0. The molecule has 0 fully saturated rings. The van der Waals surface area contributed by atoms with Crippen LogP contribution in [0.4, 0.5) is 11.4 Å². The normalized spacial score (nSPS) is 19.0. The quantitative estimate of drug-likeness (QED) is 0.600. The van der Waals surface area contributed by atoms with Crippen LogP contribution in [-0.2, 0) is 11.3 Å². The lowest BCUT2D eigenvalue weighted by Gasteiger charge is -2.16. The van der Waals surface area contributed by atoms with Crippen LogP contribution in [0.2, 0.25) is 0 Å². The lowest BCUT2D eigenvalue weighted by molar-refractivity contribution is -0.112. The average Bonchev–Trinajstić information content (AvgIpc) is 3.44. The fourth-order valence-corrected chi connectivity index (χ4v) is 6.69. The first-order valence-electron chi connectivity index (χ1n) is 10.5. The molecule has 2 aliphatic heterocycles. The van der Waals surface area contributed by atoms with Crippen LogP contribution in [0.25, 0.3) is 10.6 Å². The molecule has 0 unspecified atom stereocenters. The summed E-state index contributed by atoms with van der Waals surface area (Å²) in [4.78, 5) is 30.2. The number of hydrogen-bond acceptors (Lipinski definition) is 6. The molecular weight excluding hydrogens is 440 g/mol. The Morgan fingerprint density at radius 3 is 2.38 bits per heavy atom. The number of anilines is 2. The maximum atomic E-state index is 13.5. The highest BCUT2D eigenvalue weighted by Gasteiger charge is 2.32. The molecule has 0 bridgehead atoms. The van der Waals surface area contributed by atoms with E-state index in [0.29, 0.717) is 32.7 Å². The summed E-state index contributed by atoms with van der Waals surface area (Å²) in [5, 5.41) is 6.85. The number of nitrogens with zero attached hydrogens (tertiary/aromatic N) is 4. The second-order valence-electron chi connectivity index (χ2n) is 7.42. The van der Waals surface area contributed by atoms with Gasteiger partial charge in [-0.1, -0.05) is 42.1 Å². The van der Waals surface area contributed by atoms with E-state index in [0.717, 1.165) is 22.2 Å². The molecule has 3 heterocycles. The topological polar surface area (TPSA) is 57.9 Å². The molecular formula is C24H22N4O2S2. The molecule has 1 amide bonds. The highest BCUT2D eigenvalue weighted by Crippen LogP contribution is 2.45. The third kappa shape index (κ3) is 3.13. The van der Waals surface area contributed by atoms with Crippen molar-refractivity contribution in [3.63, 3.8) is 0 Å². The highest BCUT2D eigenvalue weighted by molar-refractivity contribution is 8.08. The Bertz CT molecular complexity index is 1440. The smallest absolute Gasteiger partial charge is 0.283 e. The van der Waals surface area contributed by atoms with Gasteiger partial charge in [-0.05, 0) is 45.0 Å². The van der Waals surface area contributed by atoms with Crippen molar-refractivity contribution >= 4 is 56.7 Å². The van der Waals surface area contributed by atoms with Crippen molar-refractivity contribution in [2.45, 2.75) is 32.2 Å². The number of hydrogen-bond donors (Lipinski definition) is 0. The van der Waals surface area contributed by atoms with Gasteiger partial charge in [0.2, 0.25) is 0 Å². The Labute approximate surface area is 193 Å². The van der Waals surface area contributed by atoms with Gasteiger partial charge in [0.25, 0.3) is 11.5 Å². The Balaban J connectivity index is 1.74. The largest absolute Gasteiger partial charge is 0.334 e. The number of benzene rings is 2. The van der Waals surface area contributed by atoms with E-state index in [-0.39, 0.29) is 11.5 Å². The number of carbonyl (C=O) groups is 1. The van der Waals surface area contributed by atoms with Crippen LogP contribution in [-0.4, -0.2) is 22.7 Å². The van der Waals surface area contributed by atoms with E-state index in [9.17, 15) is 9.59 Å². The molecule has 1 aromatic heterocycles. The second kappa shape index (κ2) is 8.11. The van der Waals surface area contributed by atoms with E-state index in [2.05, 4.69) is 29.1 Å². The third-order valence-electron chi connectivity index (χ3n) is 5.55.